The van der Waals surface area contributed by atoms with Gasteiger partial charge in [-0.3, -0.25) is 0 Å². The number of hydrogen-bond donors (Lipinski definition) is 0. The number of para-hydroxylation sites is 6. The van der Waals surface area contributed by atoms with Gasteiger partial charge < -0.3 is 13.9 Å². The van der Waals surface area contributed by atoms with Gasteiger partial charge in [-0.05, 0) is 88.1 Å². The van der Waals surface area contributed by atoms with Crippen LogP contribution >= 0.6 is 0 Å². The molecule has 0 atom stereocenters. The molecule has 0 unspecified atom stereocenters. The predicted molar refractivity (Wildman–Crippen MR) is 257 cm³/mol. The van der Waals surface area contributed by atoms with E-state index in [4.69, 9.17) is 4.42 Å². The first-order valence-corrected chi connectivity index (χ1v) is 20.8. The molecule has 0 saturated carbocycles. The average molecular weight is 779 g/mol. The first-order chi connectivity index (χ1) is 30.3. The highest BCUT2D eigenvalue weighted by Crippen LogP contribution is 2.45. The van der Waals surface area contributed by atoms with E-state index in [1.54, 1.807) is 0 Å². The minimum absolute atomic E-state index is 0.889. The zero-order valence-corrected chi connectivity index (χ0v) is 33.2. The molecule has 0 N–H and O–H groups in total. The summed E-state index contributed by atoms with van der Waals surface area (Å²) in [6, 6.07) is 82.9. The Morgan fingerprint density at radius 3 is 1.64 bits per heavy atom. The molecule has 0 fully saturated rings. The number of fused-ring (bicyclic) bond motifs is 7. The Morgan fingerprint density at radius 1 is 0.344 bits per heavy atom. The topological polar surface area (TPSA) is 21.3 Å². The molecule has 12 rings (SSSR count). The van der Waals surface area contributed by atoms with Crippen molar-refractivity contribution in [3.63, 3.8) is 0 Å². The Hall–Kier alpha value is -8.14. The molecule has 286 valence electrons. The Kier molecular flexibility index (Phi) is 8.17. The third-order valence-corrected chi connectivity index (χ3v) is 12.2. The number of aromatic nitrogens is 1. The van der Waals surface area contributed by atoms with Gasteiger partial charge in [0.2, 0.25) is 0 Å². The van der Waals surface area contributed by atoms with Gasteiger partial charge in [0.25, 0.3) is 0 Å². The molecule has 3 heteroatoms. The number of furan rings is 1. The molecule has 0 aliphatic heterocycles. The Morgan fingerprint density at radius 2 is 0.885 bits per heavy atom. The average Bonchev–Trinajstić information content (AvgIpc) is 3.88. The van der Waals surface area contributed by atoms with Gasteiger partial charge in [-0.15, -0.1) is 0 Å². The van der Waals surface area contributed by atoms with E-state index in [0.29, 0.717) is 0 Å². The van der Waals surface area contributed by atoms with Crippen LogP contribution in [0.1, 0.15) is 0 Å². The van der Waals surface area contributed by atoms with Crippen molar-refractivity contribution in [3.8, 4) is 39.1 Å². The van der Waals surface area contributed by atoms with Crippen molar-refractivity contribution in [2.45, 2.75) is 0 Å². The lowest BCUT2D eigenvalue weighted by Crippen LogP contribution is -2.11. The summed E-state index contributed by atoms with van der Waals surface area (Å²) in [4.78, 5) is 2.38. The van der Waals surface area contributed by atoms with Gasteiger partial charge in [-0.2, -0.15) is 0 Å². The molecule has 2 aromatic heterocycles. The predicted octanol–water partition coefficient (Wildman–Crippen LogP) is 16.3. The second kappa shape index (κ2) is 14.3. The minimum Gasteiger partial charge on any atom is -0.455 e. The van der Waals surface area contributed by atoms with Crippen molar-refractivity contribution >= 4 is 71.6 Å². The third-order valence-electron chi connectivity index (χ3n) is 12.2. The molecule has 2 heterocycles. The zero-order valence-electron chi connectivity index (χ0n) is 33.2. The van der Waals surface area contributed by atoms with Gasteiger partial charge in [-0.1, -0.05) is 170 Å². The number of nitrogens with zero attached hydrogens (tertiary/aromatic N) is 2. The largest absolute Gasteiger partial charge is 0.455 e. The lowest BCUT2D eigenvalue weighted by Gasteiger charge is -2.28. The van der Waals surface area contributed by atoms with Gasteiger partial charge in [0, 0.05) is 49.6 Å². The molecule has 12 aromatic rings. The molecule has 61 heavy (non-hydrogen) atoms. The molecule has 10 aromatic carbocycles. The van der Waals surface area contributed by atoms with Crippen LogP contribution in [0.5, 0.6) is 0 Å². The number of anilines is 3. The first-order valence-electron chi connectivity index (χ1n) is 20.8. The first kappa shape index (κ1) is 34.9. The van der Waals surface area contributed by atoms with Crippen molar-refractivity contribution < 1.29 is 4.42 Å². The van der Waals surface area contributed by atoms with Crippen LogP contribution < -0.4 is 4.90 Å². The fourth-order valence-corrected chi connectivity index (χ4v) is 9.34. The lowest BCUT2D eigenvalue weighted by molar-refractivity contribution is 0.670. The maximum absolute atomic E-state index is 6.62. The van der Waals surface area contributed by atoms with Crippen LogP contribution in [0.3, 0.4) is 0 Å². The summed E-state index contributed by atoms with van der Waals surface area (Å²) in [7, 11) is 0. The van der Waals surface area contributed by atoms with Gasteiger partial charge in [0.1, 0.15) is 11.2 Å². The van der Waals surface area contributed by atoms with Crippen molar-refractivity contribution in [1.29, 1.82) is 0 Å². The van der Waals surface area contributed by atoms with E-state index in [1.807, 2.05) is 6.07 Å². The monoisotopic (exact) mass is 778 g/mol. The minimum atomic E-state index is 0.889. The van der Waals surface area contributed by atoms with Gasteiger partial charge >= 0.3 is 0 Å². The third kappa shape index (κ3) is 5.82. The molecule has 0 aliphatic rings. The van der Waals surface area contributed by atoms with Crippen LogP contribution in [-0.4, -0.2) is 4.57 Å². The highest BCUT2D eigenvalue weighted by molar-refractivity contribution is 6.11. The van der Waals surface area contributed by atoms with Crippen molar-refractivity contribution in [2.75, 3.05) is 4.90 Å². The summed E-state index contributed by atoms with van der Waals surface area (Å²) in [6.45, 7) is 0. The van der Waals surface area contributed by atoms with Crippen molar-refractivity contribution in [1.82, 2.24) is 4.57 Å². The van der Waals surface area contributed by atoms with Crippen LogP contribution in [-0.2, 0) is 0 Å². The molecular weight excluding hydrogens is 741 g/mol. The summed E-state index contributed by atoms with van der Waals surface area (Å²) >= 11 is 0. The zero-order chi connectivity index (χ0) is 40.3. The molecule has 0 amide bonds. The Balaban J connectivity index is 1.01. The SMILES string of the molecule is c1ccc(N(c2ccc(-c3ccc4ccccc4c3)cc2)c2ccc(-c3ccccc3-n3c4ccccc4c4ccccc43)cc2)c(-c2cccc3c2oc2ccccc23)c1. The summed E-state index contributed by atoms with van der Waals surface area (Å²) in [5.41, 5.74) is 15.3. The van der Waals surface area contributed by atoms with Gasteiger partial charge in [-0.25, -0.2) is 0 Å². The highest BCUT2D eigenvalue weighted by atomic mass is 16.3. The maximum Gasteiger partial charge on any atom is 0.143 e. The van der Waals surface area contributed by atoms with E-state index >= 15 is 0 Å². The lowest BCUT2D eigenvalue weighted by atomic mass is 9.98. The molecular formula is C58H38N2O. The molecule has 0 bridgehead atoms. The fraction of sp³-hybridized carbons (Fsp3) is 0. The highest BCUT2D eigenvalue weighted by Gasteiger charge is 2.21. The van der Waals surface area contributed by atoms with E-state index in [0.717, 1.165) is 61.4 Å². The molecule has 0 aliphatic carbocycles. The van der Waals surface area contributed by atoms with Crippen LogP contribution in [0.25, 0.3) is 93.6 Å². The van der Waals surface area contributed by atoms with Crippen LogP contribution in [0.15, 0.2) is 235 Å². The molecule has 0 spiro atoms. The molecule has 0 saturated heterocycles. The van der Waals surface area contributed by atoms with Crippen molar-refractivity contribution in [2.24, 2.45) is 0 Å². The van der Waals surface area contributed by atoms with Gasteiger partial charge in [0.05, 0.1) is 22.4 Å². The van der Waals surface area contributed by atoms with E-state index in [1.165, 1.54) is 49.3 Å². The van der Waals surface area contributed by atoms with E-state index < -0.39 is 0 Å². The number of benzene rings is 10. The van der Waals surface area contributed by atoms with Crippen LogP contribution in [0.2, 0.25) is 0 Å². The summed E-state index contributed by atoms with van der Waals surface area (Å²) in [6.07, 6.45) is 0. The standard InChI is InChI=1S/C58H38N2O/c1-2-15-42-38-43(29-28-39(42)14-1)40-30-34-44(35-31-40)59(54-24-9-6-19-49(54)51-21-13-22-52-50-20-7-12-27-57(50)61-58(51)52)45-36-32-41(33-37-45)46-16-3-8-23-53(46)60-55-25-10-4-17-47(55)48-18-5-11-26-56(48)60/h1-38H. The normalized spacial score (nSPS) is 11.6. The Labute approximate surface area is 353 Å². The quantitative estimate of drug-likeness (QED) is 0.161. The Bertz CT molecular complexity index is 3540. The number of hydrogen-bond acceptors (Lipinski definition) is 2. The smallest absolute Gasteiger partial charge is 0.143 e. The number of rotatable bonds is 7. The van der Waals surface area contributed by atoms with Crippen molar-refractivity contribution in [3.05, 3.63) is 231 Å². The van der Waals surface area contributed by atoms with Crippen LogP contribution in [0, 0.1) is 0 Å². The second-order valence-corrected chi connectivity index (χ2v) is 15.7. The van der Waals surface area contributed by atoms with Gasteiger partial charge in [0.15, 0.2) is 0 Å². The van der Waals surface area contributed by atoms with E-state index in [2.05, 4.69) is 234 Å². The maximum atomic E-state index is 6.62. The van der Waals surface area contributed by atoms with E-state index in [-0.39, 0.29) is 0 Å². The summed E-state index contributed by atoms with van der Waals surface area (Å²) < 4.78 is 9.03. The summed E-state index contributed by atoms with van der Waals surface area (Å²) in [5.74, 6) is 0. The fourth-order valence-electron chi connectivity index (χ4n) is 9.34. The van der Waals surface area contributed by atoms with E-state index in [9.17, 15) is 0 Å². The van der Waals surface area contributed by atoms with Crippen LogP contribution in [0.4, 0.5) is 17.1 Å². The summed E-state index contributed by atoms with van der Waals surface area (Å²) in [5, 5.41) is 7.21. The molecule has 3 nitrogen and oxygen atoms in total. The molecule has 0 radical (unpaired) electrons. The second-order valence-electron chi connectivity index (χ2n) is 15.7.